The largest absolute Gasteiger partial charge is 0.467 e. The van der Waals surface area contributed by atoms with Crippen LogP contribution in [-0.4, -0.2) is 45.0 Å². The standard InChI is InChI=1S/C8H17NO5S/c1-3-4-5-15(12,13)9-6-7(10)8(11)14-2/h7,9-10H,3-6H2,1-2H3. The van der Waals surface area contributed by atoms with E-state index in [2.05, 4.69) is 9.46 Å². The highest BCUT2D eigenvalue weighted by atomic mass is 32.2. The molecule has 90 valence electrons. The van der Waals surface area contributed by atoms with Crippen LogP contribution >= 0.6 is 0 Å². The second kappa shape index (κ2) is 6.76. The van der Waals surface area contributed by atoms with Crippen LogP contribution in [0.1, 0.15) is 19.8 Å². The first kappa shape index (κ1) is 14.3. The minimum absolute atomic E-state index is 0.00259. The fourth-order valence-electron chi connectivity index (χ4n) is 0.832. The lowest BCUT2D eigenvalue weighted by Crippen LogP contribution is -2.38. The summed E-state index contributed by atoms with van der Waals surface area (Å²) in [4.78, 5) is 10.7. The number of rotatable bonds is 7. The maximum absolute atomic E-state index is 11.2. The van der Waals surface area contributed by atoms with E-state index in [9.17, 15) is 13.2 Å². The fraction of sp³-hybridized carbons (Fsp3) is 0.875. The first-order chi connectivity index (χ1) is 6.93. The molecule has 0 heterocycles. The monoisotopic (exact) mass is 239 g/mol. The predicted molar refractivity (Wildman–Crippen MR) is 54.7 cm³/mol. The second-order valence-electron chi connectivity index (χ2n) is 3.06. The van der Waals surface area contributed by atoms with E-state index in [0.717, 1.165) is 13.5 Å². The number of nitrogens with one attached hydrogen (secondary N) is 1. The number of esters is 1. The van der Waals surface area contributed by atoms with Gasteiger partial charge in [-0.1, -0.05) is 13.3 Å². The van der Waals surface area contributed by atoms with Gasteiger partial charge in [-0.05, 0) is 6.42 Å². The average molecular weight is 239 g/mol. The summed E-state index contributed by atoms with van der Waals surface area (Å²) in [5, 5.41) is 9.10. The molecule has 0 aliphatic heterocycles. The third kappa shape index (κ3) is 6.43. The quantitative estimate of drug-likeness (QED) is 0.570. The van der Waals surface area contributed by atoms with E-state index in [-0.39, 0.29) is 12.3 Å². The highest BCUT2D eigenvalue weighted by molar-refractivity contribution is 7.89. The Morgan fingerprint density at radius 1 is 1.53 bits per heavy atom. The van der Waals surface area contributed by atoms with Gasteiger partial charge in [0, 0.05) is 6.54 Å². The van der Waals surface area contributed by atoms with Crippen LogP contribution < -0.4 is 4.72 Å². The van der Waals surface area contributed by atoms with E-state index in [4.69, 9.17) is 5.11 Å². The van der Waals surface area contributed by atoms with E-state index < -0.39 is 22.1 Å². The van der Waals surface area contributed by atoms with Gasteiger partial charge in [0.05, 0.1) is 12.9 Å². The minimum Gasteiger partial charge on any atom is -0.467 e. The van der Waals surface area contributed by atoms with Crippen LogP contribution in [-0.2, 0) is 19.6 Å². The lowest BCUT2D eigenvalue weighted by atomic mass is 10.4. The minimum atomic E-state index is -3.40. The number of unbranched alkanes of at least 4 members (excludes halogenated alkanes) is 1. The SMILES string of the molecule is CCCCS(=O)(=O)NCC(O)C(=O)OC. The van der Waals surface area contributed by atoms with Crippen molar-refractivity contribution in [3.8, 4) is 0 Å². The summed E-state index contributed by atoms with van der Waals surface area (Å²) < 4.78 is 28.8. The van der Waals surface area contributed by atoms with Crippen molar-refractivity contribution < 1.29 is 23.1 Å². The second-order valence-corrected chi connectivity index (χ2v) is 4.99. The molecule has 0 fully saturated rings. The Kier molecular flexibility index (Phi) is 6.46. The molecule has 0 aromatic rings. The van der Waals surface area contributed by atoms with Crippen molar-refractivity contribution in [3.63, 3.8) is 0 Å². The van der Waals surface area contributed by atoms with E-state index in [1.807, 2.05) is 6.92 Å². The van der Waals surface area contributed by atoms with Gasteiger partial charge in [-0.2, -0.15) is 0 Å². The lowest BCUT2D eigenvalue weighted by molar-refractivity contribution is -0.149. The maximum atomic E-state index is 11.2. The van der Waals surface area contributed by atoms with E-state index in [0.29, 0.717) is 6.42 Å². The summed E-state index contributed by atoms with van der Waals surface area (Å²) in [5.74, 6) is -0.856. The first-order valence-electron chi connectivity index (χ1n) is 4.66. The topological polar surface area (TPSA) is 92.7 Å². The molecule has 1 atom stereocenters. The Hall–Kier alpha value is -0.660. The Balaban J connectivity index is 3.98. The number of methoxy groups -OCH3 is 1. The molecule has 0 amide bonds. The van der Waals surface area contributed by atoms with Gasteiger partial charge in [-0.3, -0.25) is 0 Å². The molecule has 0 spiro atoms. The molecule has 0 radical (unpaired) electrons. The average Bonchev–Trinajstić information content (AvgIpc) is 2.22. The summed E-state index contributed by atoms with van der Waals surface area (Å²) in [6, 6.07) is 0. The number of carbonyl (C=O) groups is 1. The van der Waals surface area contributed by atoms with Crippen LogP contribution in [0.5, 0.6) is 0 Å². The molecule has 0 aliphatic carbocycles. The van der Waals surface area contributed by atoms with Gasteiger partial charge in [-0.15, -0.1) is 0 Å². The van der Waals surface area contributed by atoms with Gasteiger partial charge >= 0.3 is 5.97 Å². The maximum Gasteiger partial charge on any atom is 0.336 e. The van der Waals surface area contributed by atoms with Gasteiger partial charge in [0.25, 0.3) is 0 Å². The molecular weight excluding hydrogens is 222 g/mol. The van der Waals surface area contributed by atoms with Gasteiger partial charge in [0.1, 0.15) is 0 Å². The number of aliphatic hydroxyl groups excluding tert-OH is 1. The molecule has 0 rings (SSSR count). The summed E-state index contributed by atoms with van der Waals surface area (Å²) in [6.07, 6.45) is -0.143. The molecular formula is C8H17NO5S. The number of aliphatic hydroxyl groups is 1. The van der Waals surface area contributed by atoms with E-state index in [1.165, 1.54) is 0 Å². The van der Waals surface area contributed by atoms with Crippen LogP contribution in [0.15, 0.2) is 0 Å². The molecule has 0 bridgehead atoms. The normalized spacial score (nSPS) is 13.5. The summed E-state index contributed by atoms with van der Waals surface area (Å²) in [7, 11) is -2.28. The number of ether oxygens (including phenoxy) is 1. The molecule has 15 heavy (non-hydrogen) atoms. The van der Waals surface area contributed by atoms with Crippen LogP contribution in [0.2, 0.25) is 0 Å². The van der Waals surface area contributed by atoms with Crippen LogP contribution in [0.25, 0.3) is 0 Å². The smallest absolute Gasteiger partial charge is 0.336 e. The van der Waals surface area contributed by atoms with E-state index >= 15 is 0 Å². The highest BCUT2D eigenvalue weighted by Crippen LogP contribution is 1.94. The van der Waals surface area contributed by atoms with Crippen molar-refractivity contribution in [2.75, 3.05) is 19.4 Å². The molecule has 6 nitrogen and oxygen atoms in total. The molecule has 0 aromatic heterocycles. The summed E-state index contributed by atoms with van der Waals surface area (Å²) >= 11 is 0. The number of hydrogen-bond donors (Lipinski definition) is 2. The molecule has 7 heteroatoms. The van der Waals surface area contributed by atoms with Crippen LogP contribution in [0.4, 0.5) is 0 Å². The van der Waals surface area contributed by atoms with Crippen molar-refractivity contribution in [1.82, 2.24) is 4.72 Å². The Bertz CT molecular complexity index is 287. The van der Waals surface area contributed by atoms with Crippen LogP contribution in [0.3, 0.4) is 0 Å². The van der Waals surface area contributed by atoms with E-state index in [1.54, 1.807) is 0 Å². The molecule has 0 aromatic carbocycles. The zero-order valence-electron chi connectivity index (χ0n) is 8.89. The Morgan fingerprint density at radius 2 is 2.13 bits per heavy atom. The lowest BCUT2D eigenvalue weighted by Gasteiger charge is -2.09. The van der Waals surface area contributed by atoms with Crippen molar-refractivity contribution in [2.24, 2.45) is 0 Å². The molecule has 0 saturated carbocycles. The summed E-state index contributed by atoms with van der Waals surface area (Å²) in [5.41, 5.74) is 0. The number of hydrogen-bond acceptors (Lipinski definition) is 5. The van der Waals surface area contributed by atoms with Gasteiger partial charge in [0.15, 0.2) is 6.10 Å². The zero-order chi connectivity index (χ0) is 11.9. The zero-order valence-corrected chi connectivity index (χ0v) is 9.71. The Labute approximate surface area is 89.7 Å². The van der Waals surface area contributed by atoms with Crippen molar-refractivity contribution >= 4 is 16.0 Å². The molecule has 0 aliphatic rings. The van der Waals surface area contributed by atoms with Crippen molar-refractivity contribution in [3.05, 3.63) is 0 Å². The first-order valence-corrected chi connectivity index (χ1v) is 6.31. The van der Waals surface area contributed by atoms with Gasteiger partial charge in [-0.25, -0.2) is 17.9 Å². The molecule has 0 saturated heterocycles. The third-order valence-electron chi connectivity index (χ3n) is 1.74. The molecule has 2 N–H and O–H groups in total. The highest BCUT2D eigenvalue weighted by Gasteiger charge is 2.18. The molecule has 1 unspecified atom stereocenters. The van der Waals surface area contributed by atoms with Gasteiger partial charge < -0.3 is 9.84 Å². The van der Waals surface area contributed by atoms with Crippen LogP contribution in [0, 0.1) is 0 Å². The number of sulfonamides is 1. The fourth-order valence-corrected chi connectivity index (χ4v) is 2.06. The van der Waals surface area contributed by atoms with Crippen molar-refractivity contribution in [1.29, 1.82) is 0 Å². The summed E-state index contributed by atoms with van der Waals surface area (Å²) in [6.45, 7) is 1.53. The predicted octanol–water partition coefficient (Wildman–Crippen LogP) is -0.760. The number of carbonyl (C=O) groups excluding carboxylic acids is 1. The Morgan fingerprint density at radius 3 is 2.60 bits per heavy atom. The third-order valence-corrected chi connectivity index (χ3v) is 3.17. The van der Waals surface area contributed by atoms with Crippen molar-refractivity contribution in [2.45, 2.75) is 25.9 Å². The van der Waals surface area contributed by atoms with Gasteiger partial charge in [0.2, 0.25) is 10.0 Å².